The summed E-state index contributed by atoms with van der Waals surface area (Å²) >= 11 is 1.56. The highest BCUT2D eigenvalue weighted by Crippen LogP contribution is 2.35. The Morgan fingerprint density at radius 3 is 2.32 bits per heavy atom. The standard InChI is InChI=1S/C24H17F3O3S/c1-2-29-23(28)19-12-18-11-16(15-3-6-20(7-4-15)30-24(25,26)27)5-8-21(18)22(13-19)17-9-10-31-14-17/h3-14H,2H2,1H3. The Hall–Kier alpha value is -3.32. The van der Waals surface area contributed by atoms with Gasteiger partial charge in [0.25, 0.3) is 0 Å². The molecule has 0 radical (unpaired) electrons. The molecule has 0 saturated heterocycles. The highest BCUT2D eigenvalue weighted by Gasteiger charge is 2.31. The lowest BCUT2D eigenvalue weighted by molar-refractivity contribution is -0.274. The topological polar surface area (TPSA) is 35.5 Å². The summed E-state index contributed by atoms with van der Waals surface area (Å²) in [5.74, 6) is -0.679. The molecule has 0 aliphatic rings. The maximum atomic E-state index is 12.4. The Morgan fingerprint density at radius 2 is 1.68 bits per heavy atom. The fourth-order valence-electron chi connectivity index (χ4n) is 3.39. The van der Waals surface area contributed by atoms with Gasteiger partial charge in [-0.3, -0.25) is 0 Å². The molecule has 4 rings (SSSR count). The molecule has 0 spiro atoms. The number of ether oxygens (including phenoxy) is 2. The van der Waals surface area contributed by atoms with E-state index in [1.807, 2.05) is 41.1 Å². The minimum atomic E-state index is -4.73. The molecule has 0 N–H and O–H groups in total. The summed E-state index contributed by atoms with van der Waals surface area (Å²) < 4.78 is 46.3. The molecule has 4 aromatic rings. The zero-order chi connectivity index (χ0) is 22.0. The van der Waals surface area contributed by atoms with Gasteiger partial charge in [0.15, 0.2) is 0 Å². The highest BCUT2D eigenvalue weighted by atomic mass is 32.1. The third-order valence-corrected chi connectivity index (χ3v) is 5.40. The third kappa shape index (κ3) is 4.72. The van der Waals surface area contributed by atoms with E-state index >= 15 is 0 Å². The fourth-order valence-corrected chi connectivity index (χ4v) is 4.04. The van der Waals surface area contributed by atoms with E-state index in [0.717, 1.165) is 33.0 Å². The van der Waals surface area contributed by atoms with Gasteiger partial charge in [0.2, 0.25) is 0 Å². The maximum absolute atomic E-state index is 12.4. The van der Waals surface area contributed by atoms with Crippen LogP contribution < -0.4 is 4.74 Å². The second kappa shape index (κ2) is 8.43. The molecule has 0 aliphatic heterocycles. The number of carbonyl (C=O) groups excluding carboxylic acids is 1. The first-order valence-electron chi connectivity index (χ1n) is 9.48. The van der Waals surface area contributed by atoms with Crippen LogP contribution in [0.15, 0.2) is 71.4 Å². The third-order valence-electron chi connectivity index (χ3n) is 4.72. The molecule has 1 aromatic heterocycles. The average Bonchev–Trinajstić information content (AvgIpc) is 3.27. The molecule has 0 atom stereocenters. The smallest absolute Gasteiger partial charge is 0.462 e. The van der Waals surface area contributed by atoms with Crippen molar-refractivity contribution in [3.05, 3.63) is 77.0 Å². The molecule has 3 nitrogen and oxygen atoms in total. The largest absolute Gasteiger partial charge is 0.573 e. The number of rotatable bonds is 5. The van der Waals surface area contributed by atoms with E-state index in [1.165, 1.54) is 12.1 Å². The second-order valence-corrected chi connectivity index (χ2v) is 7.54. The summed E-state index contributed by atoms with van der Waals surface area (Å²) in [4.78, 5) is 12.4. The maximum Gasteiger partial charge on any atom is 0.573 e. The number of benzene rings is 3. The molecule has 158 valence electrons. The number of halogens is 3. The molecular weight excluding hydrogens is 425 g/mol. The van der Waals surface area contributed by atoms with Gasteiger partial charge in [-0.1, -0.05) is 24.3 Å². The van der Waals surface area contributed by atoms with Crippen LogP contribution >= 0.6 is 11.3 Å². The Labute approximate surface area is 180 Å². The lowest BCUT2D eigenvalue weighted by Gasteiger charge is -2.12. The van der Waals surface area contributed by atoms with Gasteiger partial charge in [-0.2, -0.15) is 11.3 Å². The van der Waals surface area contributed by atoms with Crippen LogP contribution in [0.1, 0.15) is 17.3 Å². The number of esters is 1. The molecule has 0 amide bonds. The average molecular weight is 442 g/mol. The van der Waals surface area contributed by atoms with Crippen LogP contribution in [0.3, 0.4) is 0 Å². The monoisotopic (exact) mass is 442 g/mol. The minimum Gasteiger partial charge on any atom is -0.462 e. The van der Waals surface area contributed by atoms with E-state index in [4.69, 9.17) is 4.74 Å². The molecule has 0 fully saturated rings. The van der Waals surface area contributed by atoms with Gasteiger partial charge in [0, 0.05) is 0 Å². The van der Waals surface area contributed by atoms with E-state index in [1.54, 1.807) is 36.5 Å². The first-order chi connectivity index (χ1) is 14.8. The SMILES string of the molecule is CCOC(=O)c1cc(-c2ccsc2)c2ccc(-c3ccc(OC(F)(F)F)cc3)cc2c1. The van der Waals surface area contributed by atoms with Crippen molar-refractivity contribution in [2.75, 3.05) is 6.61 Å². The van der Waals surface area contributed by atoms with Crippen LogP contribution in [0.2, 0.25) is 0 Å². The molecule has 7 heteroatoms. The van der Waals surface area contributed by atoms with Crippen LogP contribution in [-0.2, 0) is 4.74 Å². The van der Waals surface area contributed by atoms with Crippen molar-refractivity contribution in [1.82, 2.24) is 0 Å². The molecule has 1 heterocycles. The van der Waals surface area contributed by atoms with Gasteiger partial charge in [0.05, 0.1) is 12.2 Å². The van der Waals surface area contributed by atoms with E-state index in [-0.39, 0.29) is 12.4 Å². The van der Waals surface area contributed by atoms with Gasteiger partial charge < -0.3 is 9.47 Å². The number of fused-ring (bicyclic) bond motifs is 1. The Balaban J connectivity index is 1.78. The second-order valence-electron chi connectivity index (χ2n) is 6.76. The van der Waals surface area contributed by atoms with Crippen LogP contribution in [0.5, 0.6) is 5.75 Å². The van der Waals surface area contributed by atoms with Crippen molar-refractivity contribution in [1.29, 1.82) is 0 Å². The quantitative estimate of drug-likeness (QED) is 0.304. The number of hydrogen-bond acceptors (Lipinski definition) is 4. The normalized spacial score (nSPS) is 11.5. The number of alkyl halides is 3. The highest BCUT2D eigenvalue weighted by molar-refractivity contribution is 7.08. The van der Waals surface area contributed by atoms with E-state index in [2.05, 4.69) is 4.74 Å². The summed E-state index contributed by atoms with van der Waals surface area (Å²) in [6, 6.07) is 17.0. The molecular formula is C24H17F3O3S. The summed E-state index contributed by atoms with van der Waals surface area (Å²) in [7, 11) is 0. The van der Waals surface area contributed by atoms with Crippen molar-refractivity contribution < 1.29 is 27.4 Å². The van der Waals surface area contributed by atoms with Crippen molar-refractivity contribution >= 4 is 28.1 Å². The zero-order valence-electron chi connectivity index (χ0n) is 16.4. The van der Waals surface area contributed by atoms with Gasteiger partial charge in [-0.15, -0.1) is 13.2 Å². The van der Waals surface area contributed by atoms with Crippen LogP contribution in [0, 0.1) is 0 Å². The van der Waals surface area contributed by atoms with Crippen LogP contribution in [-0.4, -0.2) is 18.9 Å². The van der Waals surface area contributed by atoms with Gasteiger partial charge in [-0.25, -0.2) is 4.79 Å². The Bertz CT molecular complexity index is 1210. The molecule has 0 bridgehead atoms. The Kier molecular flexibility index (Phi) is 5.69. The first kappa shape index (κ1) is 20.9. The lowest BCUT2D eigenvalue weighted by Crippen LogP contribution is -2.16. The molecule has 3 aromatic carbocycles. The summed E-state index contributed by atoms with van der Waals surface area (Å²) in [5, 5.41) is 5.78. The number of carbonyl (C=O) groups is 1. The summed E-state index contributed by atoms with van der Waals surface area (Å²) in [6.07, 6.45) is -4.73. The molecule has 0 unspecified atom stereocenters. The van der Waals surface area contributed by atoms with Crippen molar-refractivity contribution in [2.45, 2.75) is 13.3 Å². The lowest BCUT2D eigenvalue weighted by atomic mass is 9.94. The van der Waals surface area contributed by atoms with Crippen LogP contribution in [0.4, 0.5) is 13.2 Å². The van der Waals surface area contributed by atoms with E-state index in [0.29, 0.717) is 5.56 Å². The van der Waals surface area contributed by atoms with Crippen molar-refractivity contribution in [3.8, 4) is 28.0 Å². The predicted octanol–water partition coefficient (Wildman–Crippen LogP) is 7.31. The van der Waals surface area contributed by atoms with Gasteiger partial charge in [-0.05, 0) is 87.1 Å². The molecule has 0 saturated carbocycles. The first-order valence-corrected chi connectivity index (χ1v) is 10.4. The predicted molar refractivity (Wildman–Crippen MR) is 115 cm³/mol. The van der Waals surface area contributed by atoms with Crippen LogP contribution in [0.25, 0.3) is 33.0 Å². The zero-order valence-corrected chi connectivity index (χ0v) is 17.2. The summed E-state index contributed by atoms with van der Waals surface area (Å²) in [6.45, 7) is 2.03. The summed E-state index contributed by atoms with van der Waals surface area (Å²) in [5.41, 5.74) is 3.91. The molecule has 31 heavy (non-hydrogen) atoms. The molecule has 0 aliphatic carbocycles. The van der Waals surface area contributed by atoms with Gasteiger partial charge in [0.1, 0.15) is 5.75 Å². The van der Waals surface area contributed by atoms with Crippen molar-refractivity contribution in [3.63, 3.8) is 0 Å². The van der Waals surface area contributed by atoms with E-state index in [9.17, 15) is 18.0 Å². The number of thiophene rings is 1. The van der Waals surface area contributed by atoms with E-state index < -0.39 is 12.3 Å². The Morgan fingerprint density at radius 1 is 0.935 bits per heavy atom. The number of hydrogen-bond donors (Lipinski definition) is 0. The fraction of sp³-hybridized carbons (Fsp3) is 0.125. The van der Waals surface area contributed by atoms with Crippen molar-refractivity contribution in [2.24, 2.45) is 0 Å². The minimum absolute atomic E-state index is 0.275. The van der Waals surface area contributed by atoms with Gasteiger partial charge >= 0.3 is 12.3 Å².